The molecule has 2 heteroatoms. The van der Waals surface area contributed by atoms with Crippen LogP contribution in [0.1, 0.15) is 28.7 Å². The molecule has 0 unspecified atom stereocenters. The van der Waals surface area contributed by atoms with Gasteiger partial charge in [-0.2, -0.15) is 0 Å². The van der Waals surface area contributed by atoms with Crippen molar-refractivity contribution in [1.29, 1.82) is 0 Å². The Labute approximate surface area is 44.5 Å². The van der Waals surface area contributed by atoms with Crippen molar-refractivity contribution in [2.24, 2.45) is 0 Å². The van der Waals surface area contributed by atoms with E-state index in [1.807, 2.05) is 0 Å². The first-order valence-corrected chi connectivity index (χ1v) is 1.38. The van der Waals surface area contributed by atoms with E-state index in [0.29, 0.717) is 0 Å². The van der Waals surface area contributed by atoms with Crippen molar-refractivity contribution in [3.05, 3.63) is 0 Å². The van der Waals surface area contributed by atoms with Crippen LogP contribution in [-0.4, -0.2) is 5.92 Å². The first-order chi connectivity index (χ1) is 2.00. The second kappa shape index (κ2) is 4.03. The summed E-state index contributed by atoms with van der Waals surface area (Å²) in [5.74, 6) is -2.50. The maximum atomic E-state index is 11.0. The molecule has 0 atom stereocenters. The molecule has 0 aliphatic carbocycles. The summed E-state index contributed by atoms with van der Waals surface area (Å²) in [6.45, 7) is 1.71. The van der Waals surface area contributed by atoms with Gasteiger partial charge in [-0.1, -0.05) is 14.9 Å². The molecule has 0 heterocycles. The van der Waals surface area contributed by atoms with Gasteiger partial charge in [0, 0.05) is 0 Å². The highest BCUT2D eigenvalue weighted by atomic mass is 19.3. The van der Waals surface area contributed by atoms with E-state index in [2.05, 4.69) is 0 Å². The fourth-order valence-electron chi connectivity index (χ4n) is 0. The van der Waals surface area contributed by atoms with Crippen LogP contribution in [0.3, 0.4) is 0 Å². The standard InChI is InChI=1S/C3H6F2.2CH4/c1-3(2,4)5;;/h1-2H3;2*1H4. The summed E-state index contributed by atoms with van der Waals surface area (Å²) in [5.41, 5.74) is 0. The number of rotatable bonds is 0. The minimum atomic E-state index is -2.50. The average molecular weight is 112 g/mol. The zero-order valence-corrected chi connectivity index (χ0v) is 3.26. The minimum absolute atomic E-state index is 0. The lowest BCUT2D eigenvalue weighted by molar-refractivity contribution is 0.0437. The van der Waals surface area contributed by atoms with Gasteiger partial charge in [0.05, 0.1) is 0 Å². The Morgan fingerprint density at radius 3 is 1.00 bits per heavy atom. The molecule has 48 valence electrons. The van der Waals surface area contributed by atoms with E-state index in [9.17, 15) is 8.78 Å². The lowest BCUT2D eigenvalue weighted by atomic mass is 10.5. The molecule has 0 saturated heterocycles. The van der Waals surface area contributed by atoms with Gasteiger partial charge in [-0.15, -0.1) is 0 Å². The summed E-state index contributed by atoms with van der Waals surface area (Å²) in [4.78, 5) is 0. The molecule has 0 aliphatic heterocycles. The SMILES string of the molecule is C.C.CC(C)(F)F. The van der Waals surface area contributed by atoms with Gasteiger partial charge in [-0.25, -0.2) is 8.78 Å². The van der Waals surface area contributed by atoms with Crippen molar-refractivity contribution in [2.75, 3.05) is 0 Å². The Morgan fingerprint density at radius 1 is 1.00 bits per heavy atom. The Kier molecular flexibility index (Phi) is 9.10. The first-order valence-electron chi connectivity index (χ1n) is 1.38. The van der Waals surface area contributed by atoms with E-state index >= 15 is 0 Å². The summed E-state index contributed by atoms with van der Waals surface area (Å²) in [5, 5.41) is 0. The molecule has 0 saturated carbocycles. The van der Waals surface area contributed by atoms with Crippen LogP contribution in [0.2, 0.25) is 0 Å². The summed E-state index contributed by atoms with van der Waals surface area (Å²) in [7, 11) is 0. The molecule has 7 heavy (non-hydrogen) atoms. The fraction of sp³-hybridized carbons (Fsp3) is 1.00. The van der Waals surface area contributed by atoms with Crippen LogP contribution < -0.4 is 0 Å². The molecule has 0 aromatic heterocycles. The molecule has 0 aromatic rings. The highest BCUT2D eigenvalue weighted by molar-refractivity contribution is 4.40. The van der Waals surface area contributed by atoms with Gasteiger partial charge < -0.3 is 0 Å². The summed E-state index contributed by atoms with van der Waals surface area (Å²) >= 11 is 0. The molecule has 0 spiro atoms. The quantitative estimate of drug-likeness (QED) is 0.452. The molecule has 0 aromatic carbocycles. The van der Waals surface area contributed by atoms with Crippen LogP contribution >= 0.6 is 0 Å². The zero-order chi connectivity index (χ0) is 4.50. The summed E-state index contributed by atoms with van der Waals surface area (Å²) in [6.07, 6.45) is 0. The predicted molar refractivity (Wildman–Crippen MR) is 29.8 cm³/mol. The topological polar surface area (TPSA) is 0 Å². The van der Waals surface area contributed by atoms with E-state index in [-0.39, 0.29) is 14.9 Å². The Morgan fingerprint density at radius 2 is 1.00 bits per heavy atom. The second-order valence-corrected chi connectivity index (χ2v) is 1.33. The van der Waals surface area contributed by atoms with Gasteiger partial charge in [0.25, 0.3) is 0 Å². The fourth-order valence-corrected chi connectivity index (χ4v) is 0. The predicted octanol–water partition coefficient (Wildman–Crippen LogP) is 2.93. The number of halogens is 2. The van der Waals surface area contributed by atoms with E-state index in [4.69, 9.17) is 0 Å². The van der Waals surface area contributed by atoms with Crippen LogP contribution in [0.25, 0.3) is 0 Å². The highest BCUT2D eigenvalue weighted by Gasteiger charge is 2.08. The van der Waals surface area contributed by atoms with E-state index in [0.717, 1.165) is 13.8 Å². The largest absolute Gasteiger partial charge is 0.242 e. The third kappa shape index (κ3) is 4450. The highest BCUT2D eigenvalue weighted by Crippen LogP contribution is 2.06. The molecule has 0 N–H and O–H groups in total. The lowest BCUT2D eigenvalue weighted by Gasteiger charge is -1.94. The molecule has 0 radical (unpaired) electrons. The maximum Gasteiger partial charge on any atom is 0.242 e. The van der Waals surface area contributed by atoms with Crippen molar-refractivity contribution in [2.45, 2.75) is 34.6 Å². The smallest absolute Gasteiger partial charge is 0.208 e. The zero-order valence-electron chi connectivity index (χ0n) is 3.26. The lowest BCUT2D eigenvalue weighted by Crippen LogP contribution is -1.98. The van der Waals surface area contributed by atoms with Crippen LogP contribution in [-0.2, 0) is 0 Å². The normalized spacial score (nSPS) is 8.57. The van der Waals surface area contributed by atoms with Gasteiger partial charge in [-0.05, 0) is 13.8 Å². The Bertz CT molecular complexity index is 21.6. The van der Waals surface area contributed by atoms with Gasteiger partial charge >= 0.3 is 0 Å². The van der Waals surface area contributed by atoms with E-state index < -0.39 is 5.92 Å². The van der Waals surface area contributed by atoms with Crippen LogP contribution in [0.15, 0.2) is 0 Å². The Balaban J connectivity index is -0.0000000800. The van der Waals surface area contributed by atoms with Crippen LogP contribution in [0.5, 0.6) is 0 Å². The molecule has 0 amide bonds. The number of hydrogen-bond donors (Lipinski definition) is 0. The molecule has 0 aliphatic rings. The minimum Gasteiger partial charge on any atom is -0.208 e. The summed E-state index contributed by atoms with van der Waals surface area (Å²) < 4.78 is 22.0. The van der Waals surface area contributed by atoms with Gasteiger partial charge in [0.15, 0.2) is 0 Å². The van der Waals surface area contributed by atoms with E-state index in [1.54, 1.807) is 0 Å². The molecule has 0 rings (SSSR count). The van der Waals surface area contributed by atoms with Crippen LogP contribution in [0.4, 0.5) is 8.78 Å². The average Bonchev–Trinajstić information content (AvgIpc) is 0.722. The molecular formula is C5H14F2. The number of alkyl halides is 2. The number of hydrogen-bond acceptors (Lipinski definition) is 0. The van der Waals surface area contributed by atoms with Crippen molar-refractivity contribution in [1.82, 2.24) is 0 Å². The van der Waals surface area contributed by atoms with E-state index in [1.165, 1.54) is 0 Å². The van der Waals surface area contributed by atoms with Gasteiger partial charge in [-0.3, -0.25) is 0 Å². The molecule has 0 nitrogen and oxygen atoms in total. The molecule has 0 fully saturated rings. The molecular weight excluding hydrogens is 98.1 g/mol. The summed E-state index contributed by atoms with van der Waals surface area (Å²) in [6, 6.07) is 0. The Hall–Kier alpha value is -0.140. The van der Waals surface area contributed by atoms with Gasteiger partial charge in [0.2, 0.25) is 5.92 Å². The third-order valence-corrected chi connectivity index (χ3v) is 0. The molecule has 0 bridgehead atoms. The third-order valence-electron chi connectivity index (χ3n) is 0. The van der Waals surface area contributed by atoms with Crippen molar-refractivity contribution in [3.63, 3.8) is 0 Å². The second-order valence-electron chi connectivity index (χ2n) is 1.33. The monoisotopic (exact) mass is 112 g/mol. The first kappa shape index (κ1) is 15.8. The van der Waals surface area contributed by atoms with Crippen molar-refractivity contribution in [3.8, 4) is 0 Å². The van der Waals surface area contributed by atoms with Gasteiger partial charge in [0.1, 0.15) is 0 Å². The van der Waals surface area contributed by atoms with Crippen molar-refractivity contribution < 1.29 is 8.78 Å². The van der Waals surface area contributed by atoms with Crippen molar-refractivity contribution >= 4 is 0 Å². The maximum absolute atomic E-state index is 11.0. The van der Waals surface area contributed by atoms with Crippen LogP contribution in [0, 0.1) is 0 Å².